The summed E-state index contributed by atoms with van der Waals surface area (Å²) in [5, 5.41) is 0. The van der Waals surface area contributed by atoms with Crippen molar-refractivity contribution in [2.45, 2.75) is 51.7 Å². The lowest BCUT2D eigenvalue weighted by atomic mass is 10.0. The van der Waals surface area contributed by atoms with Crippen LogP contribution in [0.1, 0.15) is 43.4 Å². The molecule has 1 heterocycles. The first-order chi connectivity index (χ1) is 12.3. The van der Waals surface area contributed by atoms with Gasteiger partial charge in [0.2, 0.25) is 0 Å². The van der Waals surface area contributed by atoms with Gasteiger partial charge in [0, 0.05) is 17.5 Å². The van der Waals surface area contributed by atoms with Gasteiger partial charge in [0.1, 0.15) is 23.8 Å². The molecule has 2 aliphatic rings. The van der Waals surface area contributed by atoms with E-state index in [0.29, 0.717) is 35.6 Å². The standard InChI is InChI=1S/C21H21F3O2/c1-21(2)10-14-8-16(22)9-15(19(14)26-21)11-25-20-17(23)6-13(7-18(20)24)5-12-3-4-12/h6-9,12H,3-5,10-11H2,1-2H3. The summed E-state index contributed by atoms with van der Waals surface area (Å²) in [7, 11) is 0. The average Bonchev–Trinajstić information content (AvgIpc) is 3.27. The number of ether oxygens (including phenoxy) is 2. The smallest absolute Gasteiger partial charge is 0.191 e. The minimum Gasteiger partial charge on any atom is -0.487 e. The Bertz CT molecular complexity index is 834. The Morgan fingerprint density at radius 2 is 1.77 bits per heavy atom. The molecule has 2 aromatic rings. The molecule has 1 fully saturated rings. The minimum atomic E-state index is -0.727. The van der Waals surface area contributed by atoms with Crippen molar-refractivity contribution < 1.29 is 22.6 Å². The second-order valence-corrected chi connectivity index (χ2v) is 7.92. The lowest BCUT2D eigenvalue weighted by Gasteiger charge is -2.18. The molecule has 0 bridgehead atoms. The zero-order valence-corrected chi connectivity index (χ0v) is 14.9. The first-order valence-electron chi connectivity index (χ1n) is 8.92. The fourth-order valence-electron chi connectivity index (χ4n) is 3.53. The van der Waals surface area contributed by atoms with Gasteiger partial charge in [-0.3, -0.25) is 0 Å². The summed E-state index contributed by atoms with van der Waals surface area (Å²) < 4.78 is 53.7. The summed E-state index contributed by atoms with van der Waals surface area (Å²) in [6, 6.07) is 5.37. The summed E-state index contributed by atoms with van der Waals surface area (Å²) in [5.41, 5.74) is 1.40. The zero-order chi connectivity index (χ0) is 18.5. The molecule has 0 spiro atoms. The molecular weight excluding hydrogens is 341 g/mol. The molecule has 0 atom stereocenters. The van der Waals surface area contributed by atoms with E-state index in [9.17, 15) is 13.2 Å². The predicted octanol–water partition coefficient (Wildman–Crippen LogP) is 5.35. The van der Waals surface area contributed by atoms with Gasteiger partial charge in [0.25, 0.3) is 0 Å². The van der Waals surface area contributed by atoms with E-state index in [1.54, 1.807) is 0 Å². The molecule has 0 unspecified atom stereocenters. The highest BCUT2D eigenvalue weighted by Crippen LogP contribution is 2.39. The van der Waals surface area contributed by atoms with Crippen LogP contribution >= 0.6 is 0 Å². The quantitative estimate of drug-likeness (QED) is 0.714. The molecule has 0 radical (unpaired) electrons. The second kappa shape index (κ2) is 6.22. The topological polar surface area (TPSA) is 18.5 Å². The number of rotatable bonds is 5. The summed E-state index contributed by atoms with van der Waals surface area (Å²) >= 11 is 0. The van der Waals surface area contributed by atoms with E-state index in [-0.39, 0.29) is 6.61 Å². The molecule has 0 amide bonds. The molecule has 138 valence electrons. The Morgan fingerprint density at radius 1 is 1.08 bits per heavy atom. The second-order valence-electron chi connectivity index (χ2n) is 7.92. The molecule has 4 rings (SSSR count). The van der Waals surface area contributed by atoms with Crippen LogP contribution in [0.4, 0.5) is 13.2 Å². The van der Waals surface area contributed by atoms with Crippen LogP contribution in [0.3, 0.4) is 0 Å². The van der Waals surface area contributed by atoms with Crippen LogP contribution in [0, 0.1) is 23.4 Å². The molecule has 1 aliphatic carbocycles. The molecule has 2 nitrogen and oxygen atoms in total. The fraction of sp³-hybridized carbons (Fsp3) is 0.429. The summed E-state index contributed by atoms with van der Waals surface area (Å²) in [5.74, 6) is -1.22. The monoisotopic (exact) mass is 362 g/mol. The van der Waals surface area contributed by atoms with Gasteiger partial charge in [0.05, 0.1) is 0 Å². The van der Waals surface area contributed by atoms with Crippen LogP contribution in [-0.2, 0) is 19.4 Å². The summed E-state index contributed by atoms with van der Waals surface area (Å²) in [6.45, 7) is 3.66. The minimum absolute atomic E-state index is 0.161. The third kappa shape index (κ3) is 3.53. The van der Waals surface area contributed by atoms with Gasteiger partial charge < -0.3 is 9.47 Å². The molecular formula is C21H21F3O2. The van der Waals surface area contributed by atoms with Crippen LogP contribution in [0.5, 0.6) is 11.5 Å². The van der Waals surface area contributed by atoms with Gasteiger partial charge in [0.15, 0.2) is 17.4 Å². The zero-order valence-electron chi connectivity index (χ0n) is 14.9. The predicted molar refractivity (Wildman–Crippen MR) is 91.9 cm³/mol. The SMILES string of the molecule is CC1(C)Cc2cc(F)cc(COc3c(F)cc(CC4CC4)cc3F)c2O1. The Morgan fingerprint density at radius 3 is 2.42 bits per heavy atom. The molecule has 1 aliphatic heterocycles. The van der Waals surface area contributed by atoms with E-state index < -0.39 is 28.8 Å². The van der Waals surface area contributed by atoms with Crippen LogP contribution in [-0.4, -0.2) is 5.60 Å². The first-order valence-corrected chi connectivity index (χ1v) is 8.92. The number of benzene rings is 2. The maximum absolute atomic E-state index is 14.3. The molecule has 0 aromatic heterocycles. The van der Waals surface area contributed by atoms with Gasteiger partial charge in [-0.05, 0) is 68.9 Å². The maximum Gasteiger partial charge on any atom is 0.191 e. The molecule has 1 saturated carbocycles. The van der Waals surface area contributed by atoms with E-state index in [1.165, 1.54) is 24.3 Å². The lowest BCUT2D eigenvalue weighted by molar-refractivity contribution is 0.135. The van der Waals surface area contributed by atoms with Crippen molar-refractivity contribution >= 4 is 0 Å². The van der Waals surface area contributed by atoms with Gasteiger partial charge in [-0.1, -0.05) is 0 Å². The number of halogens is 3. The van der Waals surface area contributed by atoms with Crippen LogP contribution in [0.15, 0.2) is 24.3 Å². The Balaban J connectivity index is 1.55. The van der Waals surface area contributed by atoms with Crippen LogP contribution in [0.25, 0.3) is 0 Å². The molecule has 2 aromatic carbocycles. The molecule has 0 saturated heterocycles. The Hall–Kier alpha value is -2.17. The molecule has 5 heteroatoms. The fourth-order valence-corrected chi connectivity index (χ4v) is 3.53. The highest BCUT2D eigenvalue weighted by molar-refractivity contribution is 5.46. The molecule has 26 heavy (non-hydrogen) atoms. The van der Waals surface area contributed by atoms with E-state index in [1.807, 2.05) is 13.8 Å². The molecule has 0 N–H and O–H groups in total. The van der Waals surface area contributed by atoms with E-state index in [2.05, 4.69) is 0 Å². The summed E-state index contributed by atoms with van der Waals surface area (Å²) in [6.07, 6.45) is 3.49. The van der Waals surface area contributed by atoms with Gasteiger partial charge in [-0.2, -0.15) is 0 Å². The third-order valence-corrected chi connectivity index (χ3v) is 4.85. The van der Waals surface area contributed by atoms with Crippen molar-refractivity contribution in [1.29, 1.82) is 0 Å². The van der Waals surface area contributed by atoms with Gasteiger partial charge >= 0.3 is 0 Å². The lowest BCUT2D eigenvalue weighted by Crippen LogP contribution is -2.25. The highest BCUT2D eigenvalue weighted by atomic mass is 19.1. The summed E-state index contributed by atoms with van der Waals surface area (Å²) in [4.78, 5) is 0. The highest BCUT2D eigenvalue weighted by Gasteiger charge is 2.32. The first kappa shape index (κ1) is 17.3. The Labute approximate surface area is 150 Å². The van der Waals surface area contributed by atoms with Crippen molar-refractivity contribution in [3.63, 3.8) is 0 Å². The maximum atomic E-state index is 14.3. The van der Waals surface area contributed by atoms with E-state index >= 15 is 0 Å². The van der Waals surface area contributed by atoms with Crippen molar-refractivity contribution in [2.75, 3.05) is 0 Å². The van der Waals surface area contributed by atoms with Crippen LogP contribution in [0.2, 0.25) is 0 Å². The number of hydrogen-bond donors (Lipinski definition) is 0. The van der Waals surface area contributed by atoms with Crippen molar-refractivity contribution in [2.24, 2.45) is 5.92 Å². The average molecular weight is 362 g/mol. The Kier molecular flexibility index (Phi) is 4.13. The van der Waals surface area contributed by atoms with Crippen molar-refractivity contribution in [1.82, 2.24) is 0 Å². The normalized spacial score (nSPS) is 17.7. The van der Waals surface area contributed by atoms with E-state index in [4.69, 9.17) is 9.47 Å². The number of fused-ring (bicyclic) bond motifs is 1. The number of hydrogen-bond acceptors (Lipinski definition) is 2. The largest absolute Gasteiger partial charge is 0.487 e. The third-order valence-electron chi connectivity index (χ3n) is 4.85. The van der Waals surface area contributed by atoms with Gasteiger partial charge in [-0.25, -0.2) is 13.2 Å². The van der Waals surface area contributed by atoms with Crippen LogP contribution < -0.4 is 9.47 Å². The van der Waals surface area contributed by atoms with Gasteiger partial charge in [-0.15, -0.1) is 0 Å². The van der Waals surface area contributed by atoms with E-state index in [0.717, 1.165) is 18.4 Å². The van der Waals surface area contributed by atoms with Crippen molar-refractivity contribution in [3.8, 4) is 11.5 Å². The van der Waals surface area contributed by atoms with Crippen molar-refractivity contribution in [3.05, 3.63) is 58.4 Å².